The van der Waals surface area contributed by atoms with Crippen LogP contribution in [-0.2, 0) is 11.2 Å². The Morgan fingerprint density at radius 2 is 1.67 bits per heavy atom. The van der Waals surface area contributed by atoms with Crippen molar-refractivity contribution in [3.63, 3.8) is 0 Å². The average Bonchev–Trinajstić information content (AvgIpc) is 2.83. The topological polar surface area (TPSA) is 66.4 Å². The van der Waals surface area contributed by atoms with Crippen LogP contribution in [0.5, 0.6) is 0 Å². The molecule has 1 amide bonds. The minimum atomic E-state index is -2.01. The van der Waals surface area contributed by atoms with Crippen LogP contribution in [0.3, 0.4) is 0 Å². The van der Waals surface area contributed by atoms with E-state index in [0.717, 1.165) is 29.5 Å². The summed E-state index contributed by atoms with van der Waals surface area (Å²) in [5, 5.41) is 8.62. The number of hydrogen-bond acceptors (Lipinski definition) is 2. The molecule has 116 valence electrons. The summed E-state index contributed by atoms with van der Waals surface area (Å²) in [7, 11) is -2.01. The Morgan fingerprint density at radius 1 is 1.14 bits per heavy atom. The van der Waals surface area contributed by atoms with Crippen LogP contribution < -0.4 is 4.72 Å². The maximum Gasteiger partial charge on any atom is 0.364 e. The van der Waals surface area contributed by atoms with Gasteiger partial charge in [0.25, 0.3) is 0 Å². The van der Waals surface area contributed by atoms with E-state index in [1.165, 1.54) is 5.56 Å². The van der Waals surface area contributed by atoms with Gasteiger partial charge in [-0.05, 0) is 50.3 Å². The predicted octanol–water partition coefficient (Wildman–Crippen LogP) is 3.46. The first kappa shape index (κ1) is 15.9. The number of amides is 1. The Hall–Kier alpha value is -1.49. The van der Waals surface area contributed by atoms with Crippen molar-refractivity contribution in [1.29, 1.82) is 0 Å². The van der Waals surface area contributed by atoms with Crippen molar-refractivity contribution < 1.29 is 14.7 Å². The maximum atomic E-state index is 12.3. The van der Waals surface area contributed by atoms with Crippen molar-refractivity contribution in [3.8, 4) is 0 Å². The summed E-state index contributed by atoms with van der Waals surface area (Å²) in [6.45, 7) is 6.03. The van der Waals surface area contributed by atoms with E-state index in [0.29, 0.717) is 11.5 Å². The van der Waals surface area contributed by atoms with Crippen molar-refractivity contribution in [2.24, 2.45) is 0 Å². The highest BCUT2D eigenvalue weighted by Gasteiger charge is 2.37. The number of rotatable bonds is 2. The van der Waals surface area contributed by atoms with Gasteiger partial charge in [0.1, 0.15) is 0 Å². The van der Waals surface area contributed by atoms with E-state index in [1.54, 1.807) is 0 Å². The molecule has 2 N–H and O–H groups in total. The second kappa shape index (κ2) is 6.10. The second-order valence-corrected chi connectivity index (χ2v) is 8.98. The van der Waals surface area contributed by atoms with Gasteiger partial charge in [-0.3, -0.25) is 4.79 Å². The summed E-state index contributed by atoms with van der Waals surface area (Å²) in [6.07, 6.45) is 2.05. The molecule has 1 saturated heterocycles. The van der Waals surface area contributed by atoms with Crippen LogP contribution in [0.15, 0.2) is 12.1 Å². The van der Waals surface area contributed by atoms with Crippen LogP contribution in [-0.4, -0.2) is 27.8 Å². The molecule has 21 heavy (non-hydrogen) atoms. The number of carbonyl (C=O) groups excluding carboxylic acids is 1. The molecule has 2 rings (SSSR count). The minimum absolute atomic E-state index is 0.163. The van der Waals surface area contributed by atoms with Gasteiger partial charge in [-0.25, -0.2) is 4.79 Å². The van der Waals surface area contributed by atoms with E-state index < -0.39 is 15.5 Å². The fourth-order valence-electron chi connectivity index (χ4n) is 3.02. The average molecular weight is 309 g/mol. The molecule has 0 saturated carbocycles. The number of hydrogen-bond donors (Lipinski definition) is 2. The molecule has 0 bridgehead atoms. The predicted molar refractivity (Wildman–Crippen MR) is 87.1 cm³/mol. The van der Waals surface area contributed by atoms with Crippen LogP contribution in [0.1, 0.15) is 35.1 Å². The molecule has 0 radical (unpaired) electrons. The second-order valence-electron chi connectivity index (χ2n) is 5.84. The molecule has 1 aromatic carbocycles. The Balaban J connectivity index is 2.14. The van der Waals surface area contributed by atoms with E-state index in [4.69, 9.17) is 0 Å². The number of benzene rings is 1. The first-order chi connectivity index (χ1) is 9.84. The Morgan fingerprint density at radius 3 is 2.14 bits per heavy atom. The summed E-state index contributed by atoms with van der Waals surface area (Å²) in [4.78, 5) is 23.8. The molecule has 0 atom stereocenters. The summed E-state index contributed by atoms with van der Waals surface area (Å²) >= 11 is 0. The highest BCUT2D eigenvalue weighted by Crippen LogP contribution is 2.50. The van der Waals surface area contributed by atoms with Gasteiger partial charge in [0.15, 0.2) is 0 Å². The lowest BCUT2D eigenvalue weighted by Crippen LogP contribution is -2.34. The van der Waals surface area contributed by atoms with E-state index in [2.05, 4.69) is 16.9 Å². The van der Waals surface area contributed by atoms with Crippen molar-refractivity contribution in [3.05, 3.63) is 34.4 Å². The smallest absolute Gasteiger partial charge is 0.364 e. The number of carbonyl (C=O) groups is 2. The third-order valence-corrected chi connectivity index (χ3v) is 7.31. The summed E-state index contributed by atoms with van der Waals surface area (Å²) < 4.78 is 2.85. The van der Waals surface area contributed by atoms with Crippen LogP contribution in [0.2, 0.25) is 0 Å². The SMILES string of the molecule is Cc1cc(C)c(CC(=O)NS2(C(=O)O)CCCC2)c(C)c1. The lowest BCUT2D eigenvalue weighted by atomic mass is 9.97. The molecule has 0 spiro atoms. The molecule has 1 heterocycles. The minimum Gasteiger partial charge on any atom is -0.473 e. The van der Waals surface area contributed by atoms with Gasteiger partial charge in [-0.1, -0.05) is 27.9 Å². The van der Waals surface area contributed by atoms with E-state index >= 15 is 0 Å². The molecule has 1 fully saturated rings. The summed E-state index contributed by atoms with van der Waals surface area (Å²) in [5.41, 5.74) is 4.37. The first-order valence-corrected chi connectivity index (χ1v) is 9.20. The maximum absolute atomic E-state index is 12.3. The van der Waals surface area contributed by atoms with Crippen LogP contribution in [0.4, 0.5) is 4.79 Å². The van der Waals surface area contributed by atoms with Gasteiger partial charge in [0.2, 0.25) is 5.91 Å². The zero-order valence-corrected chi connectivity index (χ0v) is 13.7. The number of carboxylic acid groups (broad SMARTS) is 1. The number of aryl methyl sites for hydroxylation is 3. The molecular weight excluding hydrogens is 286 g/mol. The first-order valence-electron chi connectivity index (χ1n) is 7.23. The molecule has 1 aliphatic heterocycles. The van der Waals surface area contributed by atoms with Crippen molar-refractivity contribution in [2.45, 2.75) is 40.0 Å². The van der Waals surface area contributed by atoms with Gasteiger partial charge in [0.05, 0.1) is 6.42 Å². The van der Waals surface area contributed by atoms with Crippen LogP contribution in [0.25, 0.3) is 0 Å². The zero-order chi connectivity index (χ0) is 15.6. The zero-order valence-electron chi connectivity index (χ0n) is 12.9. The molecular formula is C16H23NO3S. The Kier molecular flexibility index (Phi) is 4.61. The fourth-order valence-corrected chi connectivity index (χ4v) is 5.77. The largest absolute Gasteiger partial charge is 0.473 e. The molecule has 1 aromatic rings. The van der Waals surface area contributed by atoms with Crippen molar-refractivity contribution in [2.75, 3.05) is 11.5 Å². The molecule has 0 aliphatic carbocycles. The third-order valence-electron chi connectivity index (χ3n) is 4.06. The standard InChI is InChI=1S/C16H23NO3S/c1-11-8-12(2)14(13(3)9-11)10-15(18)17-21(16(19)20)6-4-5-7-21/h8-9H,4-7,10H2,1-3H3,(H,17,18)(H,19,20). The van der Waals surface area contributed by atoms with Gasteiger partial charge in [0, 0.05) is 11.5 Å². The summed E-state index contributed by atoms with van der Waals surface area (Å²) in [5.74, 6) is 1.06. The molecule has 4 nitrogen and oxygen atoms in total. The molecule has 0 unspecified atom stereocenters. The van der Waals surface area contributed by atoms with Crippen molar-refractivity contribution in [1.82, 2.24) is 4.72 Å². The molecule has 1 aliphatic rings. The molecule has 5 heteroatoms. The van der Waals surface area contributed by atoms with Crippen LogP contribution >= 0.6 is 10.2 Å². The van der Waals surface area contributed by atoms with E-state index in [9.17, 15) is 14.7 Å². The summed E-state index contributed by atoms with van der Waals surface area (Å²) in [6, 6.07) is 4.12. The molecule has 0 aromatic heterocycles. The number of nitrogens with one attached hydrogen (secondary N) is 1. The van der Waals surface area contributed by atoms with Gasteiger partial charge >= 0.3 is 5.30 Å². The Labute approximate surface area is 127 Å². The fraction of sp³-hybridized carbons (Fsp3) is 0.500. The lowest BCUT2D eigenvalue weighted by Gasteiger charge is -2.31. The normalized spacial score (nSPS) is 18.2. The third kappa shape index (κ3) is 3.40. The monoisotopic (exact) mass is 309 g/mol. The van der Waals surface area contributed by atoms with Gasteiger partial charge < -0.3 is 9.83 Å². The highest BCUT2D eigenvalue weighted by molar-refractivity contribution is 8.43. The quantitative estimate of drug-likeness (QED) is 0.879. The van der Waals surface area contributed by atoms with Crippen molar-refractivity contribution >= 4 is 21.4 Å². The van der Waals surface area contributed by atoms with E-state index in [1.807, 2.05) is 20.8 Å². The highest BCUT2D eigenvalue weighted by atomic mass is 32.3. The Bertz CT molecular complexity index is 554. The lowest BCUT2D eigenvalue weighted by molar-refractivity contribution is -0.118. The van der Waals surface area contributed by atoms with E-state index in [-0.39, 0.29) is 12.3 Å². The van der Waals surface area contributed by atoms with Crippen LogP contribution in [0, 0.1) is 20.8 Å². The van der Waals surface area contributed by atoms with Gasteiger partial charge in [-0.15, -0.1) is 0 Å². The van der Waals surface area contributed by atoms with Gasteiger partial charge in [-0.2, -0.15) is 0 Å².